The number of hydrogen-bond acceptors (Lipinski definition) is 3. The van der Waals surface area contributed by atoms with Gasteiger partial charge >= 0.3 is 5.97 Å². The van der Waals surface area contributed by atoms with Crippen LogP contribution >= 0.6 is 11.8 Å². The van der Waals surface area contributed by atoms with E-state index in [1.807, 2.05) is 6.92 Å². The number of carbonyl (C=O) groups is 2. The predicted molar refractivity (Wildman–Crippen MR) is 62.0 cm³/mol. The van der Waals surface area contributed by atoms with Gasteiger partial charge in [-0.15, -0.1) is 11.8 Å². The number of amides is 1. The van der Waals surface area contributed by atoms with Gasteiger partial charge in [-0.05, 0) is 5.92 Å². The van der Waals surface area contributed by atoms with Crippen LogP contribution in [-0.2, 0) is 9.59 Å². The summed E-state index contributed by atoms with van der Waals surface area (Å²) >= 11 is 1.31. The number of carboxylic acids is 1. The lowest BCUT2D eigenvalue weighted by Crippen LogP contribution is -2.27. The van der Waals surface area contributed by atoms with Gasteiger partial charge in [0.25, 0.3) is 0 Å². The summed E-state index contributed by atoms with van der Waals surface area (Å²) in [5.74, 6) is 0.405. The Hall–Kier alpha value is -0.710. The van der Waals surface area contributed by atoms with E-state index < -0.39 is 5.97 Å². The van der Waals surface area contributed by atoms with Crippen molar-refractivity contribution in [3.8, 4) is 0 Å². The number of carboxylic acid groups (broad SMARTS) is 1. The Bertz CT molecular complexity index is 209. The molecule has 1 unspecified atom stereocenters. The maximum absolute atomic E-state index is 11.3. The molecule has 0 aliphatic rings. The molecule has 0 aromatic carbocycles. The molecule has 0 saturated heterocycles. The van der Waals surface area contributed by atoms with Crippen LogP contribution in [0.3, 0.4) is 0 Å². The van der Waals surface area contributed by atoms with Crippen molar-refractivity contribution >= 4 is 23.6 Å². The number of hydrogen-bond donors (Lipinski definition) is 2. The second-order valence-electron chi connectivity index (χ2n) is 3.51. The van der Waals surface area contributed by atoms with Crippen molar-refractivity contribution < 1.29 is 14.7 Å². The molecule has 1 atom stereocenters. The number of nitrogens with one attached hydrogen (secondary N) is 1. The van der Waals surface area contributed by atoms with Gasteiger partial charge < -0.3 is 10.4 Å². The fraction of sp³-hybridized carbons (Fsp3) is 0.800. The summed E-state index contributed by atoms with van der Waals surface area (Å²) in [6.07, 6.45) is 1.56. The molecule has 0 fully saturated rings. The largest absolute Gasteiger partial charge is 0.481 e. The zero-order valence-corrected chi connectivity index (χ0v) is 10.1. The van der Waals surface area contributed by atoms with E-state index in [4.69, 9.17) is 5.11 Å². The summed E-state index contributed by atoms with van der Waals surface area (Å²) in [6.45, 7) is 4.65. The SMILES string of the molecule is CCC(C)CC(=O)NCCSCC(=O)O. The lowest BCUT2D eigenvalue weighted by molar-refractivity contribution is -0.133. The van der Waals surface area contributed by atoms with Gasteiger partial charge in [0.1, 0.15) is 0 Å². The Labute approximate surface area is 94.8 Å². The first-order chi connectivity index (χ1) is 7.06. The van der Waals surface area contributed by atoms with Gasteiger partial charge in [-0.25, -0.2) is 0 Å². The van der Waals surface area contributed by atoms with Gasteiger partial charge in [0, 0.05) is 18.7 Å². The van der Waals surface area contributed by atoms with Crippen LogP contribution in [0.5, 0.6) is 0 Å². The second kappa shape index (κ2) is 8.59. The summed E-state index contributed by atoms with van der Waals surface area (Å²) in [7, 11) is 0. The Morgan fingerprint density at radius 3 is 2.67 bits per heavy atom. The molecule has 1 amide bonds. The van der Waals surface area contributed by atoms with Crippen LogP contribution in [0.4, 0.5) is 0 Å². The first kappa shape index (κ1) is 14.3. The fourth-order valence-electron chi connectivity index (χ4n) is 0.955. The van der Waals surface area contributed by atoms with E-state index in [0.717, 1.165) is 6.42 Å². The molecule has 5 heteroatoms. The normalized spacial score (nSPS) is 12.1. The second-order valence-corrected chi connectivity index (χ2v) is 4.62. The molecule has 4 nitrogen and oxygen atoms in total. The van der Waals surface area contributed by atoms with Gasteiger partial charge in [-0.3, -0.25) is 9.59 Å². The number of carbonyl (C=O) groups excluding carboxylic acids is 1. The average Bonchev–Trinajstić information content (AvgIpc) is 2.16. The van der Waals surface area contributed by atoms with Crippen LogP contribution in [0.15, 0.2) is 0 Å². The third-order valence-corrected chi connectivity index (χ3v) is 2.97. The molecule has 0 heterocycles. The third-order valence-electron chi connectivity index (χ3n) is 2.02. The van der Waals surface area contributed by atoms with Gasteiger partial charge in [0.15, 0.2) is 0 Å². The van der Waals surface area contributed by atoms with Crippen molar-refractivity contribution in [2.45, 2.75) is 26.7 Å². The van der Waals surface area contributed by atoms with Crippen LogP contribution < -0.4 is 5.32 Å². The lowest BCUT2D eigenvalue weighted by Gasteiger charge is -2.08. The highest BCUT2D eigenvalue weighted by Gasteiger charge is 2.06. The number of rotatable bonds is 8. The summed E-state index contributed by atoms with van der Waals surface area (Å²) in [6, 6.07) is 0. The zero-order valence-electron chi connectivity index (χ0n) is 9.28. The minimum absolute atomic E-state index is 0.0558. The fourth-order valence-corrected chi connectivity index (χ4v) is 1.52. The van der Waals surface area contributed by atoms with Crippen LogP contribution in [0.25, 0.3) is 0 Å². The summed E-state index contributed by atoms with van der Waals surface area (Å²) in [5.41, 5.74) is 0. The number of aliphatic carboxylic acids is 1. The van der Waals surface area contributed by atoms with Crippen LogP contribution in [0, 0.1) is 5.92 Å². The maximum Gasteiger partial charge on any atom is 0.313 e. The molecule has 0 aliphatic heterocycles. The highest BCUT2D eigenvalue weighted by molar-refractivity contribution is 7.99. The topological polar surface area (TPSA) is 66.4 Å². The minimum atomic E-state index is -0.814. The van der Waals surface area contributed by atoms with E-state index in [0.29, 0.717) is 24.6 Å². The van der Waals surface area contributed by atoms with Gasteiger partial charge in [-0.2, -0.15) is 0 Å². The summed E-state index contributed by atoms with van der Waals surface area (Å²) < 4.78 is 0. The molecule has 0 spiro atoms. The maximum atomic E-state index is 11.3. The molecule has 88 valence electrons. The molecule has 0 aromatic heterocycles. The molecule has 15 heavy (non-hydrogen) atoms. The van der Waals surface area contributed by atoms with E-state index in [9.17, 15) is 9.59 Å². The van der Waals surface area contributed by atoms with Crippen LogP contribution in [0.1, 0.15) is 26.7 Å². The van der Waals surface area contributed by atoms with Crippen LogP contribution in [0.2, 0.25) is 0 Å². The first-order valence-corrected chi connectivity index (χ1v) is 6.28. The van der Waals surface area contributed by atoms with E-state index in [2.05, 4.69) is 12.2 Å². The minimum Gasteiger partial charge on any atom is -0.481 e. The quantitative estimate of drug-likeness (QED) is 0.621. The predicted octanol–water partition coefficient (Wildman–Crippen LogP) is 1.36. The molecule has 0 rings (SSSR count). The van der Waals surface area contributed by atoms with Crippen LogP contribution in [-0.4, -0.2) is 35.0 Å². The van der Waals surface area contributed by atoms with Gasteiger partial charge in [0.05, 0.1) is 5.75 Å². The van der Waals surface area contributed by atoms with E-state index in [-0.39, 0.29) is 11.7 Å². The van der Waals surface area contributed by atoms with Crippen molar-refractivity contribution in [2.24, 2.45) is 5.92 Å². The summed E-state index contributed by atoms with van der Waals surface area (Å²) in [5, 5.41) is 11.1. The molecule has 0 radical (unpaired) electrons. The molecule has 0 aliphatic carbocycles. The van der Waals surface area contributed by atoms with Crippen molar-refractivity contribution in [1.82, 2.24) is 5.32 Å². The molecular weight excluding hydrogens is 214 g/mol. The number of thioether (sulfide) groups is 1. The molecule has 0 aromatic rings. The third kappa shape index (κ3) is 9.59. The van der Waals surface area contributed by atoms with Crippen molar-refractivity contribution in [3.63, 3.8) is 0 Å². The molecule has 0 saturated carbocycles. The van der Waals surface area contributed by atoms with Gasteiger partial charge in [-0.1, -0.05) is 20.3 Å². The Morgan fingerprint density at radius 2 is 2.13 bits per heavy atom. The van der Waals surface area contributed by atoms with E-state index in [1.165, 1.54) is 11.8 Å². The first-order valence-electron chi connectivity index (χ1n) is 5.12. The van der Waals surface area contributed by atoms with Crippen molar-refractivity contribution in [1.29, 1.82) is 0 Å². The Balaban J connectivity index is 3.35. The zero-order chi connectivity index (χ0) is 11.7. The highest BCUT2D eigenvalue weighted by Crippen LogP contribution is 2.05. The lowest BCUT2D eigenvalue weighted by atomic mass is 10.1. The Kier molecular flexibility index (Phi) is 8.18. The molecule has 0 bridgehead atoms. The smallest absolute Gasteiger partial charge is 0.313 e. The van der Waals surface area contributed by atoms with Crippen molar-refractivity contribution in [2.75, 3.05) is 18.1 Å². The van der Waals surface area contributed by atoms with Crippen molar-refractivity contribution in [3.05, 3.63) is 0 Å². The molecular formula is C10H19NO3S. The van der Waals surface area contributed by atoms with Gasteiger partial charge in [0.2, 0.25) is 5.91 Å². The average molecular weight is 233 g/mol. The summed E-state index contributed by atoms with van der Waals surface area (Å²) in [4.78, 5) is 21.4. The molecule has 2 N–H and O–H groups in total. The standard InChI is InChI=1S/C10H19NO3S/c1-3-8(2)6-9(12)11-4-5-15-7-10(13)14/h8H,3-7H2,1-2H3,(H,11,12)(H,13,14). The monoisotopic (exact) mass is 233 g/mol. The highest BCUT2D eigenvalue weighted by atomic mass is 32.2. The van der Waals surface area contributed by atoms with E-state index in [1.54, 1.807) is 0 Å². The Morgan fingerprint density at radius 1 is 1.47 bits per heavy atom. The van der Waals surface area contributed by atoms with E-state index >= 15 is 0 Å².